The smallest absolute Gasteiger partial charge is 0.316 e. The molecule has 2 aromatic carbocycles. The average molecular weight is 502 g/mol. The number of nitrogens with one attached hydrogen (secondary N) is 1. The summed E-state index contributed by atoms with van der Waals surface area (Å²) in [6.07, 6.45) is 3.15. The second kappa shape index (κ2) is 10.6. The van der Waals surface area contributed by atoms with E-state index in [-0.39, 0.29) is 23.8 Å². The number of carbonyl (C=O) groups is 2. The molecule has 8 nitrogen and oxygen atoms in total. The number of benzene rings is 2. The fraction of sp³-hybridized carbons (Fsp3) is 0.360. The first-order valence-corrected chi connectivity index (χ1v) is 11.7. The van der Waals surface area contributed by atoms with Crippen molar-refractivity contribution in [2.75, 3.05) is 45.7 Å². The number of halogens is 2. The molecule has 0 saturated carbocycles. The number of primary amides is 1. The van der Waals surface area contributed by atoms with Gasteiger partial charge in [-0.05, 0) is 43.0 Å². The van der Waals surface area contributed by atoms with Crippen LogP contribution in [0, 0.1) is 5.82 Å². The van der Waals surface area contributed by atoms with Gasteiger partial charge in [-0.1, -0.05) is 23.7 Å². The molecule has 2 atom stereocenters. The van der Waals surface area contributed by atoms with Crippen LogP contribution in [0.25, 0.3) is 6.08 Å². The Bertz CT molecular complexity index is 1110. The molecule has 2 saturated heterocycles. The summed E-state index contributed by atoms with van der Waals surface area (Å²) in [6, 6.07) is 9.04. The van der Waals surface area contributed by atoms with Crippen molar-refractivity contribution in [3.8, 4) is 5.75 Å². The Morgan fingerprint density at radius 3 is 2.43 bits per heavy atom. The van der Waals surface area contributed by atoms with E-state index < -0.39 is 6.03 Å². The van der Waals surface area contributed by atoms with Crippen molar-refractivity contribution in [3.63, 3.8) is 0 Å². The molecule has 2 aromatic rings. The largest absolute Gasteiger partial charge is 0.495 e. The molecular formula is C25H29ClFN5O3. The van der Waals surface area contributed by atoms with E-state index in [4.69, 9.17) is 22.1 Å². The summed E-state index contributed by atoms with van der Waals surface area (Å²) >= 11 is 6.18. The topological polar surface area (TPSA) is 91.1 Å². The van der Waals surface area contributed by atoms with Gasteiger partial charge in [0.25, 0.3) is 0 Å². The van der Waals surface area contributed by atoms with Crippen molar-refractivity contribution in [2.45, 2.75) is 18.6 Å². The molecule has 2 heterocycles. The predicted octanol–water partition coefficient (Wildman–Crippen LogP) is 3.02. The van der Waals surface area contributed by atoms with Gasteiger partial charge in [0.15, 0.2) is 0 Å². The quantitative estimate of drug-likeness (QED) is 0.594. The third-order valence-electron chi connectivity index (χ3n) is 6.33. The minimum absolute atomic E-state index is 0.0214. The van der Waals surface area contributed by atoms with Crippen LogP contribution in [0.4, 0.5) is 14.9 Å². The summed E-state index contributed by atoms with van der Waals surface area (Å²) in [6.45, 7) is 3.68. The number of hydrogen-bond donors (Lipinski definition) is 2. The zero-order chi connectivity index (χ0) is 25.1. The summed E-state index contributed by atoms with van der Waals surface area (Å²) in [5.74, 6) is 0.0668. The van der Waals surface area contributed by atoms with Gasteiger partial charge in [-0.2, -0.15) is 0 Å². The van der Waals surface area contributed by atoms with Gasteiger partial charge in [0.05, 0.1) is 29.9 Å². The van der Waals surface area contributed by atoms with E-state index in [0.717, 1.165) is 31.7 Å². The number of piperazine rings is 2. The number of likely N-dealkylation sites (N-methyl/N-ethyl adjacent to an activating group) is 1. The minimum Gasteiger partial charge on any atom is -0.495 e. The first-order chi connectivity index (χ1) is 16.7. The third kappa shape index (κ3) is 5.93. The van der Waals surface area contributed by atoms with Crippen LogP contribution < -0.4 is 15.8 Å². The molecule has 2 aliphatic heterocycles. The van der Waals surface area contributed by atoms with Crippen molar-refractivity contribution >= 4 is 35.3 Å². The number of nitrogens with two attached hydrogens (primary N) is 1. The zero-order valence-electron chi connectivity index (χ0n) is 19.7. The van der Waals surface area contributed by atoms with Crippen LogP contribution in [0.2, 0.25) is 5.02 Å². The van der Waals surface area contributed by atoms with Gasteiger partial charge in [0.1, 0.15) is 11.6 Å². The van der Waals surface area contributed by atoms with Crippen molar-refractivity contribution < 1.29 is 18.7 Å². The van der Waals surface area contributed by atoms with E-state index in [1.807, 2.05) is 4.90 Å². The van der Waals surface area contributed by atoms with E-state index >= 15 is 0 Å². The van der Waals surface area contributed by atoms with E-state index in [2.05, 4.69) is 22.2 Å². The molecular weight excluding hydrogens is 473 g/mol. The van der Waals surface area contributed by atoms with Gasteiger partial charge in [-0.15, -0.1) is 0 Å². The molecule has 0 spiro atoms. The number of carbonyl (C=O) groups excluding carboxylic acids is 2. The highest BCUT2D eigenvalue weighted by atomic mass is 35.5. The standard InChI is InChI=1S/C25H29ClFN5O3/c1-30-12-19-14-31(11-16-3-6-18(27)7-4-16)15-20(13-30)32(19)24(33)8-5-17-9-23(35-2)21(26)10-22(17)29-25(28)34/h3-10,19-20H,11-15H2,1-2H3,(H3,28,29,34)/b8-5+. The van der Waals surface area contributed by atoms with Crippen LogP contribution in [0.1, 0.15) is 11.1 Å². The molecule has 4 rings (SSSR count). The van der Waals surface area contributed by atoms with E-state index in [1.54, 1.807) is 24.3 Å². The third-order valence-corrected chi connectivity index (χ3v) is 6.63. The number of urea groups is 1. The van der Waals surface area contributed by atoms with Crippen LogP contribution in [0.3, 0.4) is 0 Å². The Balaban J connectivity index is 1.51. The van der Waals surface area contributed by atoms with Crippen molar-refractivity contribution in [2.24, 2.45) is 5.73 Å². The van der Waals surface area contributed by atoms with Crippen LogP contribution in [0.5, 0.6) is 5.75 Å². The Hall–Kier alpha value is -3.14. The second-order valence-electron chi connectivity index (χ2n) is 8.99. The number of ether oxygens (including phenoxy) is 1. The first-order valence-electron chi connectivity index (χ1n) is 11.3. The average Bonchev–Trinajstić information content (AvgIpc) is 2.78. The molecule has 2 aliphatic rings. The van der Waals surface area contributed by atoms with Crippen LogP contribution in [-0.2, 0) is 11.3 Å². The lowest BCUT2D eigenvalue weighted by molar-refractivity contribution is -0.140. The summed E-state index contributed by atoms with van der Waals surface area (Å²) in [7, 11) is 3.55. The molecule has 3 N–H and O–H groups in total. The number of nitrogens with zero attached hydrogens (tertiary/aromatic N) is 3. The lowest BCUT2D eigenvalue weighted by atomic mass is 9.99. The molecule has 2 bridgehead atoms. The molecule has 2 unspecified atom stereocenters. The van der Waals surface area contributed by atoms with Gasteiger partial charge >= 0.3 is 6.03 Å². The maximum Gasteiger partial charge on any atom is 0.316 e. The minimum atomic E-state index is -0.734. The summed E-state index contributed by atoms with van der Waals surface area (Å²) in [5.41, 5.74) is 7.27. The lowest BCUT2D eigenvalue weighted by Gasteiger charge is -2.52. The van der Waals surface area contributed by atoms with Crippen molar-refractivity contribution in [3.05, 3.63) is 64.4 Å². The molecule has 35 heavy (non-hydrogen) atoms. The molecule has 0 radical (unpaired) electrons. The van der Waals surface area contributed by atoms with Crippen molar-refractivity contribution in [1.82, 2.24) is 14.7 Å². The Kier molecular flexibility index (Phi) is 7.59. The first kappa shape index (κ1) is 25.0. The number of amides is 3. The normalized spacial score (nSPS) is 20.7. The van der Waals surface area contributed by atoms with Crippen LogP contribution in [-0.4, -0.2) is 79.1 Å². The second-order valence-corrected chi connectivity index (χ2v) is 9.40. The Morgan fingerprint density at radius 2 is 1.83 bits per heavy atom. The van der Waals surface area contributed by atoms with E-state index in [0.29, 0.717) is 28.6 Å². The van der Waals surface area contributed by atoms with Gasteiger partial charge in [0.2, 0.25) is 5.91 Å². The summed E-state index contributed by atoms with van der Waals surface area (Å²) in [4.78, 5) is 31.3. The highest BCUT2D eigenvalue weighted by Gasteiger charge is 2.41. The molecule has 10 heteroatoms. The molecule has 0 aromatic heterocycles. The SMILES string of the molecule is COc1cc(/C=C/C(=O)N2C3CN(C)CC2CN(Cc2ccc(F)cc2)C3)c(NC(N)=O)cc1Cl. The molecule has 0 aliphatic carbocycles. The Morgan fingerprint density at radius 1 is 1.17 bits per heavy atom. The molecule has 186 valence electrons. The summed E-state index contributed by atoms with van der Waals surface area (Å²) in [5, 5.41) is 2.85. The maximum absolute atomic E-state index is 13.3. The lowest BCUT2D eigenvalue weighted by Crippen LogP contribution is -2.68. The van der Waals surface area contributed by atoms with Gasteiger partial charge in [-0.3, -0.25) is 9.69 Å². The van der Waals surface area contributed by atoms with Gasteiger partial charge in [-0.25, -0.2) is 9.18 Å². The molecule has 2 fully saturated rings. The number of hydrogen-bond acceptors (Lipinski definition) is 5. The number of rotatable bonds is 6. The number of methoxy groups -OCH3 is 1. The van der Waals surface area contributed by atoms with Crippen LogP contribution in [0.15, 0.2) is 42.5 Å². The fourth-order valence-electron chi connectivity index (χ4n) is 4.92. The van der Waals surface area contributed by atoms with Crippen molar-refractivity contribution in [1.29, 1.82) is 0 Å². The highest BCUT2D eigenvalue weighted by Crippen LogP contribution is 2.32. The van der Waals surface area contributed by atoms with E-state index in [9.17, 15) is 14.0 Å². The zero-order valence-corrected chi connectivity index (χ0v) is 20.5. The monoisotopic (exact) mass is 501 g/mol. The molecule has 3 amide bonds. The van der Waals surface area contributed by atoms with Crippen LogP contribution >= 0.6 is 11.6 Å². The van der Waals surface area contributed by atoms with Gasteiger partial charge < -0.3 is 25.6 Å². The fourth-order valence-corrected chi connectivity index (χ4v) is 5.16. The predicted molar refractivity (Wildman–Crippen MR) is 134 cm³/mol. The summed E-state index contributed by atoms with van der Waals surface area (Å²) < 4.78 is 18.5. The number of fused-ring (bicyclic) bond motifs is 2. The maximum atomic E-state index is 13.3. The Labute approximate surface area is 209 Å². The van der Waals surface area contributed by atoms with Gasteiger partial charge in [0, 0.05) is 44.4 Å². The highest BCUT2D eigenvalue weighted by molar-refractivity contribution is 6.32. The number of anilines is 1. The van der Waals surface area contributed by atoms with E-state index in [1.165, 1.54) is 31.4 Å².